The summed E-state index contributed by atoms with van der Waals surface area (Å²) in [5.41, 5.74) is 1.69. The lowest BCUT2D eigenvalue weighted by molar-refractivity contribution is 0.0520. The normalized spacial score (nSPS) is 10.8. The summed E-state index contributed by atoms with van der Waals surface area (Å²) in [7, 11) is 1.55. The SMILES string of the molecule is C#Cc1cccc(Nc2ncnc3cc(OC)c(OCCNC(=O)OC(C)(C)C)cc23)c1. The highest BCUT2D eigenvalue weighted by molar-refractivity contribution is 5.93. The zero-order chi connectivity index (χ0) is 23.1. The van der Waals surface area contributed by atoms with Crippen LogP contribution in [0.1, 0.15) is 26.3 Å². The number of fused-ring (bicyclic) bond motifs is 1. The Balaban J connectivity index is 1.77. The molecule has 0 radical (unpaired) electrons. The molecule has 0 spiro atoms. The molecule has 2 aromatic carbocycles. The van der Waals surface area contributed by atoms with E-state index in [1.807, 2.05) is 24.3 Å². The van der Waals surface area contributed by atoms with Gasteiger partial charge in [-0.1, -0.05) is 12.0 Å². The lowest BCUT2D eigenvalue weighted by Gasteiger charge is -2.19. The van der Waals surface area contributed by atoms with Crippen LogP contribution in [0.5, 0.6) is 11.5 Å². The number of aromatic nitrogens is 2. The van der Waals surface area contributed by atoms with Gasteiger partial charge in [0.05, 0.1) is 19.2 Å². The van der Waals surface area contributed by atoms with E-state index in [2.05, 4.69) is 26.5 Å². The van der Waals surface area contributed by atoms with Crippen molar-refractivity contribution in [2.24, 2.45) is 0 Å². The first-order valence-electron chi connectivity index (χ1n) is 10.0. The second kappa shape index (κ2) is 9.88. The number of rotatable bonds is 7. The Kier molecular flexibility index (Phi) is 7.00. The molecule has 0 saturated carbocycles. The van der Waals surface area contributed by atoms with Crippen molar-refractivity contribution in [1.82, 2.24) is 15.3 Å². The monoisotopic (exact) mass is 434 g/mol. The maximum atomic E-state index is 11.8. The maximum absolute atomic E-state index is 11.8. The van der Waals surface area contributed by atoms with E-state index < -0.39 is 11.7 Å². The van der Waals surface area contributed by atoms with Gasteiger partial charge in [-0.15, -0.1) is 6.42 Å². The van der Waals surface area contributed by atoms with Gasteiger partial charge in [0.1, 0.15) is 24.4 Å². The van der Waals surface area contributed by atoms with Gasteiger partial charge in [0, 0.05) is 22.7 Å². The minimum atomic E-state index is -0.560. The van der Waals surface area contributed by atoms with Crippen molar-refractivity contribution in [2.45, 2.75) is 26.4 Å². The Morgan fingerprint density at radius 2 is 1.97 bits per heavy atom. The van der Waals surface area contributed by atoms with E-state index in [0.29, 0.717) is 22.8 Å². The highest BCUT2D eigenvalue weighted by Gasteiger charge is 2.16. The first-order valence-corrected chi connectivity index (χ1v) is 10.0. The number of nitrogens with one attached hydrogen (secondary N) is 2. The van der Waals surface area contributed by atoms with Gasteiger partial charge in [-0.3, -0.25) is 0 Å². The minimum Gasteiger partial charge on any atom is -0.493 e. The van der Waals surface area contributed by atoms with Crippen molar-refractivity contribution in [1.29, 1.82) is 0 Å². The molecule has 0 unspecified atom stereocenters. The second-order valence-electron chi connectivity index (χ2n) is 7.87. The van der Waals surface area contributed by atoms with Crippen molar-refractivity contribution in [2.75, 3.05) is 25.6 Å². The van der Waals surface area contributed by atoms with Crippen molar-refractivity contribution < 1.29 is 19.0 Å². The third kappa shape index (κ3) is 6.01. The number of amides is 1. The fraction of sp³-hybridized carbons (Fsp3) is 0.292. The third-order valence-corrected chi connectivity index (χ3v) is 4.24. The standard InChI is InChI=1S/C24H26N4O4/c1-6-16-8-7-9-17(12-16)28-22-18-13-21(20(30-5)14-19(18)26-15-27-22)31-11-10-25-23(29)32-24(2,3)4/h1,7-9,12-15H,10-11H2,2-5H3,(H,25,29)(H,26,27,28). The first-order chi connectivity index (χ1) is 15.3. The van der Waals surface area contributed by atoms with Gasteiger partial charge in [0.2, 0.25) is 0 Å². The Hall–Kier alpha value is -3.99. The van der Waals surface area contributed by atoms with Crippen LogP contribution in [0.4, 0.5) is 16.3 Å². The van der Waals surface area contributed by atoms with Crippen LogP contribution in [-0.4, -0.2) is 41.9 Å². The topological polar surface area (TPSA) is 94.6 Å². The summed E-state index contributed by atoms with van der Waals surface area (Å²) in [6.07, 6.45) is 6.47. The average Bonchev–Trinajstić information content (AvgIpc) is 2.75. The number of alkyl carbamates (subject to hydrolysis) is 1. The number of hydrogen-bond donors (Lipinski definition) is 2. The van der Waals surface area contributed by atoms with Gasteiger partial charge in [-0.05, 0) is 45.0 Å². The predicted octanol–water partition coefficient (Wildman–Crippen LogP) is 4.27. The highest BCUT2D eigenvalue weighted by atomic mass is 16.6. The first kappa shape index (κ1) is 22.7. The van der Waals surface area contributed by atoms with E-state index in [1.165, 1.54) is 6.33 Å². The summed E-state index contributed by atoms with van der Waals surface area (Å²) >= 11 is 0. The van der Waals surface area contributed by atoms with Crippen LogP contribution in [0.25, 0.3) is 10.9 Å². The van der Waals surface area contributed by atoms with Crippen molar-refractivity contribution in [3.05, 3.63) is 48.3 Å². The fourth-order valence-corrected chi connectivity index (χ4v) is 2.89. The van der Waals surface area contributed by atoms with Crippen molar-refractivity contribution >= 4 is 28.5 Å². The number of benzene rings is 2. The number of methoxy groups -OCH3 is 1. The quantitative estimate of drug-likeness (QED) is 0.424. The van der Waals surface area contributed by atoms with E-state index in [1.54, 1.807) is 40.0 Å². The van der Waals surface area contributed by atoms with E-state index >= 15 is 0 Å². The van der Waals surface area contributed by atoms with Crippen LogP contribution in [0.2, 0.25) is 0 Å². The van der Waals surface area contributed by atoms with Crippen LogP contribution in [0, 0.1) is 12.3 Å². The molecule has 3 rings (SSSR count). The highest BCUT2D eigenvalue weighted by Crippen LogP contribution is 2.34. The number of carbonyl (C=O) groups excluding carboxylic acids is 1. The van der Waals surface area contributed by atoms with Crippen molar-refractivity contribution in [3.63, 3.8) is 0 Å². The molecule has 0 bridgehead atoms. The molecule has 1 aromatic heterocycles. The summed E-state index contributed by atoms with van der Waals surface area (Å²) in [6.45, 7) is 5.91. The van der Waals surface area contributed by atoms with E-state index in [-0.39, 0.29) is 13.2 Å². The number of carbonyl (C=O) groups is 1. The summed E-state index contributed by atoms with van der Waals surface area (Å²) in [4.78, 5) is 20.5. The molecule has 0 saturated heterocycles. The van der Waals surface area contributed by atoms with Crippen LogP contribution >= 0.6 is 0 Å². The van der Waals surface area contributed by atoms with Gasteiger partial charge in [0.15, 0.2) is 11.5 Å². The largest absolute Gasteiger partial charge is 0.493 e. The predicted molar refractivity (Wildman–Crippen MR) is 123 cm³/mol. The summed E-state index contributed by atoms with van der Waals surface area (Å²) in [5.74, 6) is 4.24. The molecule has 1 amide bonds. The van der Waals surface area contributed by atoms with E-state index in [4.69, 9.17) is 20.6 Å². The summed E-state index contributed by atoms with van der Waals surface area (Å²) in [5, 5.41) is 6.68. The molecule has 32 heavy (non-hydrogen) atoms. The summed E-state index contributed by atoms with van der Waals surface area (Å²) in [6, 6.07) is 11.1. The molecular weight excluding hydrogens is 408 g/mol. The second-order valence-corrected chi connectivity index (χ2v) is 7.87. The number of hydrogen-bond acceptors (Lipinski definition) is 7. The Bertz CT molecular complexity index is 1150. The zero-order valence-electron chi connectivity index (χ0n) is 18.6. The Labute approximate surface area is 187 Å². The molecule has 8 heteroatoms. The molecule has 3 aromatic rings. The number of nitrogens with zero attached hydrogens (tertiary/aromatic N) is 2. The molecular formula is C24H26N4O4. The van der Waals surface area contributed by atoms with Crippen LogP contribution in [0.3, 0.4) is 0 Å². The molecule has 0 aliphatic heterocycles. The average molecular weight is 434 g/mol. The maximum Gasteiger partial charge on any atom is 0.407 e. The molecule has 0 fully saturated rings. The number of anilines is 2. The third-order valence-electron chi connectivity index (χ3n) is 4.24. The summed E-state index contributed by atoms with van der Waals surface area (Å²) < 4.78 is 16.5. The van der Waals surface area contributed by atoms with Crippen LogP contribution in [0.15, 0.2) is 42.7 Å². The molecule has 0 aliphatic rings. The Morgan fingerprint density at radius 1 is 1.16 bits per heavy atom. The molecule has 2 N–H and O–H groups in total. The van der Waals surface area contributed by atoms with Gasteiger partial charge in [0.25, 0.3) is 0 Å². The molecule has 0 aliphatic carbocycles. The van der Waals surface area contributed by atoms with Gasteiger partial charge in [-0.2, -0.15) is 0 Å². The van der Waals surface area contributed by atoms with Gasteiger partial charge in [-0.25, -0.2) is 14.8 Å². The van der Waals surface area contributed by atoms with Gasteiger partial charge < -0.3 is 24.8 Å². The zero-order valence-corrected chi connectivity index (χ0v) is 18.6. The molecule has 8 nitrogen and oxygen atoms in total. The lowest BCUT2D eigenvalue weighted by Crippen LogP contribution is -2.34. The molecule has 1 heterocycles. The van der Waals surface area contributed by atoms with E-state index in [0.717, 1.165) is 16.6 Å². The smallest absolute Gasteiger partial charge is 0.407 e. The van der Waals surface area contributed by atoms with E-state index in [9.17, 15) is 4.79 Å². The lowest BCUT2D eigenvalue weighted by atomic mass is 10.2. The molecule has 0 atom stereocenters. The van der Waals surface area contributed by atoms with Crippen molar-refractivity contribution in [3.8, 4) is 23.8 Å². The van der Waals surface area contributed by atoms with Crippen LogP contribution in [-0.2, 0) is 4.74 Å². The molecule has 166 valence electrons. The Morgan fingerprint density at radius 3 is 2.69 bits per heavy atom. The number of ether oxygens (including phenoxy) is 3. The van der Waals surface area contributed by atoms with Gasteiger partial charge >= 0.3 is 6.09 Å². The fourth-order valence-electron chi connectivity index (χ4n) is 2.89. The number of terminal acetylenes is 1. The van der Waals surface area contributed by atoms with Crippen LogP contribution < -0.4 is 20.1 Å². The minimum absolute atomic E-state index is 0.224.